The van der Waals surface area contributed by atoms with Gasteiger partial charge >= 0.3 is 5.97 Å². The Labute approximate surface area is 283 Å². The summed E-state index contributed by atoms with van der Waals surface area (Å²) in [6.07, 6.45) is -1.18. The number of carbonyl (C=O) groups excluding carboxylic acids is 5. The van der Waals surface area contributed by atoms with Crippen LogP contribution >= 0.6 is 0 Å². The molecule has 268 valence electrons. The Morgan fingerprint density at radius 3 is 1.71 bits per heavy atom. The first-order valence-corrected chi connectivity index (χ1v) is 15.7. The number of phenolic OH excluding ortho intramolecular Hbond substituents is 1. The van der Waals surface area contributed by atoms with Gasteiger partial charge in [-0.05, 0) is 42.5 Å². The van der Waals surface area contributed by atoms with Gasteiger partial charge in [0.1, 0.15) is 36.0 Å². The number of aliphatic hydroxyl groups is 2. The third kappa shape index (κ3) is 13.9. The molecule has 0 aliphatic rings. The topological polar surface area (TPSA) is 270 Å². The van der Waals surface area contributed by atoms with Gasteiger partial charge < -0.3 is 52.7 Å². The van der Waals surface area contributed by atoms with Crippen LogP contribution < -0.4 is 32.3 Å². The summed E-state index contributed by atoms with van der Waals surface area (Å²) in [4.78, 5) is 76.4. The molecule has 16 heteroatoms. The van der Waals surface area contributed by atoms with E-state index in [2.05, 4.69) is 26.6 Å². The molecule has 11 N–H and O–H groups in total. The number of aromatic hydroxyl groups is 1. The second-order valence-electron chi connectivity index (χ2n) is 12.0. The summed E-state index contributed by atoms with van der Waals surface area (Å²) in [7, 11) is 0. The minimum absolute atomic E-state index is 0.0164. The van der Waals surface area contributed by atoms with Gasteiger partial charge in [-0.25, -0.2) is 4.79 Å². The van der Waals surface area contributed by atoms with Crippen molar-refractivity contribution in [1.82, 2.24) is 26.6 Å². The molecular weight excluding hydrogens is 640 g/mol. The van der Waals surface area contributed by atoms with Crippen LogP contribution in [0.4, 0.5) is 0 Å². The summed E-state index contributed by atoms with van der Waals surface area (Å²) in [5, 5.41) is 50.7. The van der Waals surface area contributed by atoms with E-state index >= 15 is 0 Å². The molecule has 6 atom stereocenters. The van der Waals surface area contributed by atoms with Crippen LogP contribution in [0.25, 0.3) is 0 Å². The SMILES string of the molecule is CC(C)C[C@H](NC(=O)[C@H](Cc1ccc(O)cc1)NC(=O)CNC(=O)[C@H](CO)NC(=O)[C@H](Cc1ccccc1)NC(=O)[C@@H](N)[C@@H](C)O)C(=O)O. The third-order valence-electron chi connectivity index (χ3n) is 7.33. The van der Waals surface area contributed by atoms with Crippen molar-refractivity contribution in [2.24, 2.45) is 11.7 Å². The smallest absolute Gasteiger partial charge is 0.326 e. The van der Waals surface area contributed by atoms with E-state index in [0.29, 0.717) is 11.1 Å². The molecule has 0 fully saturated rings. The number of phenols is 1. The summed E-state index contributed by atoms with van der Waals surface area (Å²) in [6, 6.07) is 7.76. The van der Waals surface area contributed by atoms with Gasteiger partial charge in [0.25, 0.3) is 0 Å². The summed E-state index contributed by atoms with van der Waals surface area (Å²) < 4.78 is 0. The molecule has 49 heavy (non-hydrogen) atoms. The number of benzene rings is 2. The van der Waals surface area contributed by atoms with Crippen LogP contribution in [0.3, 0.4) is 0 Å². The Morgan fingerprint density at radius 2 is 1.20 bits per heavy atom. The Hall–Kier alpha value is -5.06. The number of carboxylic acids is 1. The van der Waals surface area contributed by atoms with Crippen LogP contribution in [0.2, 0.25) is 0 Å². The summed E-state index contributed by atoms with van der Waals surface area (Å²) in [6.45, 7) is 3.31. The van der Waals surface area contributed by atoms with Crippen LogP contribution in [0.5, 0.6) is 5.75 Å². The summed E-state index contributed by atoms with van der Waals surface area (Å²) in [5.41, 5.74) is 6.89. The molecule has 0 heterocycles. The third-order valence-corrected chi connectivity index (χ3v) is 7.33. The van der Waals surface area contributed by atoms with Crippen molar-refractivity contribution in [2.45, 2.75) is 76.3 Å². The molecule has 0 aliphatic carbocycles. The second-order valence-corrected chi connectivity index (χ2v) is 12.0. The molecule has 0 bridgehead atoms. The molecule has 0 saturated heterocycles. The van der Waals surface area contributed by atoms with Gasteiger partial charge in [-0.3, -0.25) is 24.0 Å². The van der Waals surface area contributed by atoms with E-state index in [1.165, 1.54) is 31.2 Å². The Kier molecular flexibility index (Phi) is 16.1. The van der Waals surface area contributed by atoms with E-state index in [4.69, 9.17) is 5.73 Å². The zero-order valence-electron chi connectivity index (χ0n) is 27.6. The molecule has 0 saturated carbocycles. The minimum atomic E-state index is -1.55. The molecule has 2 rings (SSSR count). The van der Waals surface area contributed by atoms with Crippen LogP contribution in [0, 0.1) is 5.92 Å². The number of nitrogens with one attached hydrogen (secondary N) is 5. The quantitative estimate of drug-likeness (QED) is 0.0777. The lowest BCUT2D eigenvalue weighted by Crippen LogP contribution is -2.59. The number of carbonyl (C=O) groups is 6. The van der Waals surface area contributed by atoms with Gasteiger partial charge in [-0.1, -0.05) is 56.3 Å². The van der Waals surface area contributed by atoms with Gasteiger partial charge in [0, 0.05) is 12.8 Å². The fourth-order valence-corrected chi connectivity index (χ4v) is 4.59. The molecule has 0 spiro atoms. The minimum Gasteiger partial charge on any atom is -0.508 e. The molecule has 0 aromatic heterocycles. The maximum atomic E-state index is 13.2. The number of carboxylic acid groups (broad SMARTS) is 1. The van der Waals surface area contributed by atoms with E-state index in [9.17, 15) is 49.2 Å². The predicted octanol–water partition coefficient (Wildman–Crippen LogP) is -1.94. The van der Waals surface area contributed by atoms with E-state index < -0.39 is 85.0 Å². The number of hydrogen-bond acceptors (Lipinski definition) is 10. The molecule has 0 radical (unpaired) electrons. The maximum Gasteiger partial charge on any atom is 0.326 e. The lowest BCUT2D eigenvalue weighted by Gasteiger charge is -2.24. The van der Waals surface area contributed by atoms with Crippen molar-refractivity contribution in [3.63, 3.8) is 0 Å². The summed E-state index contributed by atoms with van der Waals surface area (Å²) >= 11 is 0. The van der Waals surface area contributed by atoms with Crippen molar-refractivity contribution in [2.75, 3.05) is 13.2 Å². The Balaban J connectivity index is 2.11. The van der Waals surface area contributed by atoms with E-state index in [-0.39, 0.29) is 30.9 Å². The molecule has 0 unspecified atom stereocenters. The number of nitrogens with two attached hydrogens (primary N) is 1. The highest BCUT2D eigenvalue weighted by atomic mass is 16.4. The van der Waals surface area contributed by atoms with Crippen LogP contribution in [-0.2, 0) is 41.6 Å². The highest BCUT2D eigenvalue weighted by Gasteiger charge is 2.31. The number of aliphatic hydroxyl groups excluding tert-OH is 2. The molecule has 16 nitrogen and oxygen atoms in total. The van der Waals surface area contributed by atoms with Crippen molar-refractivity contribution in [1.29, 1.82) is 0 Å². The monoisotopic (exact) mass is 686 g/mol. The first kappa shape index (κ1) is 40.1. The highest BCUT2D eigenvalue weighted by molar-refractivity contribution is 5.95. The van der Waals surface area contributed by atoms with E-state index in [0.717, 1.165) is 0 Å². The van der Waals surface area contributed by atoms with E-state index in [1.807, 2.05) is 0 Å². The van der Waals surface area contributed by atoms with Gasteiger partial charge in [-0.15, -0.1) is 0 Å². The number of hydrogen-bond donors (Lipinski definition) is 10. The number of aliphatic carboxylic acids is 1. The second kappa shape index (κ2) is 19.7. The van der Waals surface area contributed by atoms with Gasteiger partial charge in [0.15, 0.2) is 0 Å². The fourth-order valence-electron chi connectivity index (χ4n) is 4.59. The predicted molar refractivity (Wildman–Crippen MR) is 177 cm³/mol. The average Bonchev–Trinajstić information content (AvgIpc) is 3.05. The van der Waals surface area contributed by atoms with Crippen molar-refractivity contribution < 1.29 is 49.2 Å². The first-order valence-electron chi connectivity index (χ1n) is 15.7. The molecule has 0 aliphatic heterocycles. The van der Waals surface area contributed by atoms with Crippen LogP contribution in [0.1, 0.15) is 38.3 Å². The molecular formula is C33H46N6O10. The average molecular weight is 687 g/mol. The largest absolute Gasteiger partial charge is 0.508 e. The Bertz CT molecular complexity index is 1420. The van der Waals surface area contributed by atoms with Gasteiger partial charge in [0.2, 0.25) is 29.5 Å². The van der Waals surface area contributed by atoms with Gasteiger partial charge in [-0.2, -0.15) is 0 Å². The van der Waals surface area contributed by atoms with Crippen molar-refractivity contribution in [3.8, 4) is 5.75 Å². The standard InChI is InChI=1S/C33H46N6O10/c1-18(2)13-25(33(48)49)38-30(45)23(15-21-9-11-22(42)12-10-21)36-27(43)16-35-29(44)26(17-40)39-31(46)24(14-20-7-5-4-6-8-20)37-32(47)28(34)19(3)41/h4-12,18-19,23-26,28,40-42H,13-17,34H2,1-3H3,(H,35,44)(H,36,43)(H,37,47)(H,38,45)(H,39,46)(H,48,49)/t19-,23+,24+,25+,26+,28+/m1/s1. The molecule has 5 amide bonds. The summed E-state index contributed by atoms with van der Waals surface area (Å²) in [5.74, 6) is -5.60. The van der Waals surface area contributed by atoms with Crippen LogP contribution in [0.15, 0.2) is 54.6 Å². The maximum absolute atomic E-state index is 13.2. The fraction of sp³-hybridized carbons (Fsp3) is 0.455. The highest BCUT2D eigenvalue weighted by Crippen LogP contribution is 2.12. The molecule has 2 aromatic carbocycles. The van der Waals surface area contributed by atoms with E-state index in [1.54, 1.807) is 44.2 Å². The first-order chi connectivity index (χ1) is 23.1. The van der Waals surface area contributed by atoms with Crippen molar-refractivity contribution >= 4 is 35.5 Å². The van der Waals surface area contributed by atoms with Crippen LogP contribution in [-0.4, -0.2) is 105 Å². The number of amides is 5. The Morgan fingerprint density at radius 1 is 0.694 bits per heavy atom. The van der Waals surface area contributed by atoms with Gasteiger partial charge in [0.05, 0.1) is 19.3 Å². The zero-order valence-corrected chi connectivity index (χ0v) is 27.6. The lowest BCUT2D eigenvalue weighted by molar-refractivity contribution is -0.142. The number of rotatable bonds is 19. The molecule has 2 aromatic rings. The zero-order chi connectivity index (χ0) is 36.7. The lowest BCUT2D eigenvalue weighted by atomic mass is 10.0. The normalized spacial score (nSPS) is 14.7. The van der Waals surface area contributed by atoms with Crippen molar-refractivity contribution in [3.05, 3.63) is 65.7 Å².